The molecule has 0 bridgehead atoms. The van der Waals surface area contributed by atoms with Crippen molar-refractivity contribution in [2.75, 3.05) is 0 Å². The molecule has 7 heteroatoms. The highest BCUT2D eigenvalue weighted by molar-refractivity contribution is 8.00. The van der Waals surface area contributed by atoms with E-state index in [2.05, 4.69) is 0 Å². The minimum Gasteiger partial charge on any atom is -0.289 e. The molecule has 0 unspecified atom stereocenters. The molecule has 1 aliphatic heterocycles. The first kappa shape index (κ1) is 14.2. The highest BCUT2D eigenvalue weighted by Crippen LogP contribution is 2.35. The smallest absolute Gasteiger partial charge is 0.269 e. The van der Waals surface area contributed by atoms with Crippen molar-refractivity contribution in [3.8, 4) is 0 Å². The summed E-state index contributed by atoms with van der Waals surface area (Å²) in [7, 11) is -3.83. The monoisotopic (exact) mass is 315 g/mol. The zero-order chi connectivity index (χ0) is 15.9. The molecule has 2 aromatic rings. The second kappa shape index (κ2) is 4.88. The van der Waals surface area contributed by atoms with Gasteiger partial charge in [0.05, 0.1) is 14.7 Å². The van der Waals surface area contributed by atoms with Gasteiger partial charge in [0.15, 0.2) is 5.78 Å². The summed E-state index contributed by atoms with van der Waals surface area (Å²) in [4.78, 5) is 22.0. The number of sulfone groups is 1. The van der Waals surface area contributed by atoms with E-state index in [1.807, 2.05) is 0 Å². The van der Waals surface area contributed by atoms with Crippen LogP contribution in [-0.2, 0) is 9.84 Å². The number of allylic oxidation sites excluding steroid dienone is 1. The minimum absolute atomic E-state index is 0.0455. The highest BCUT2D eigenvalue weighted by atomic mass is 32.2. The first-order valence-corrected chi connectivity index (χ1v) is 7.74. The van der Waals surface area contributed by atoms with E-state index in [9.17, 15) is 23.3 Å². The second-order valence-electron chi connectivity index (χ2n) is 4.68. The van der Waals surface area contributed by atoms with Gasteiger partial charge < -0.3 is 0 Å². The molecule has 0 spiro atoms. The molecular weight excluding hydrogens is 306 g/mol. The van der Waals surface area contributed by atoms with Gasteiger partial charge in [-0.1, -0.05) is 12.1 Å². The van der Waals surface area contributed by atoms with Crippen LogP contribution in [-0.4, -0.2) is 19.1 Å². The molecule has 6 nitrogen and oxygen atoms in total. The topological polar surface area (TPSA) is 94.3 Å². The quantitative estimate of drug-likeness (QED) is 0.627. The number of rotatable bonds is 2. The molecule has 0 amide bonds. The number of hydrogen-bond acceptors (Lipinski definition) is 5. The van der Waals surface area contributed by atoms with E-state index in [1.165, 1.54) is 36.4 Å². The van der Waals surface area contributed by atoms with E-state index >= 15 is 0 Å². The van der Waals surface area contributed by atoms with Gasteiger partial charge in [0, 0.05) is 23.8 Å². The number of non-ortho nitro benzene ring substituents is 1. The third kappa shape index (κ3) is 2.11. The lowest BCUT2D eigenvalue weighted by Crippen LogP contribution is -2.16. The Hall–Kier alpha value is -2.80. The summed E-state index contributed by atoms with van der Waals surface area (Å²) in [5.41, 5.74) is 0.228. The molecule has 0 fully saturated rings. The Morgan fingerprint density at radius 1 is 0.955 bits per heavy atom. The molecule has 3 rings (SSSR count). The maximum Gasteiger partial charge on any atom is 0.269 e. The number of benzene rings is 2. The van der Waals surface area contributed by atoms with Gasteiger partial charge in [0.1, 0.15) is 0 Å². The Labute approximate surface area is 125 Å². The van der Waals surface area contributed by atoms with Crippen LogP contribution in [0.25, 0.3) is 4.91 Å². The summed E-state index contributed by atoms with van der Waals surface area (Å²) < 4.78 is 25.2. The fourth-order valence-corrected chi connectivity index (χ4v) is 3.94. The second-order valence-corrected chi connectivity index (χ2v) is 6.56. The Kier molecular flexibility index (Phi) is 3.14. The number of nitrogens with zero attached hydrogens (tertiary/aromatic N) is 1. The number of ketones is 1. The third-order valence-electron chi connectivity index (χ3n) is 3.36. The summed E-state index contributed by atoms with van der Waals surface area (Å²) in [5.74, 6) is -0.404. The van der Waals surface area contributed by atoms with Crippen molar-refractivity contribution in [1.29, 1.82) is 0 Å². The normalized spacial score (nSPS) is 15.8. The van der Waals surface area contributed by atoms with Crippen molar-refractivity contribution in [3.05, 3.63) is 75.8 Å². The Bertz CT molecular complexity index is 927. The van der Waals surface area contributed by atoms with Crippen molar-refractivity contribution < 1.29 is 18.1 Å². The third-order valence-corrected chi connectivity index (χ3v) is 5.22. The van der Waals surface area contributed by atoms with E-state index in [1.54, 1.807) is 12.1 Å². The van der Waals surface area contributed by atoms with Crippen LogP contribution >= 0.6 is 0 Å². The van der Waals surface area contributed by atoms with Crippen LogP contribution in [0.4, 0.5) is 5.69 Å². The van der Waals surface area contributed by atoms with E-state index in [0.717, 1.165) is 6.08 Å². The molecule has 0 N–H and O–H groups in total. The van der Waals surface area contributed by atoms with Gasteiger partial charge in [-0.05, 0) is 29.8 Å². The predicted molar refractivity (Wildman–Crippen MR) is 79.0 cm³/mol. The Balaban J connectivity index is 2.16. The van der Waals surface area contributed by atoms with E-state index < -0.39 is 20.5 Å². The lowest BCUT2D eigenvalue weighted by molar-refractivity contribution is -0.384. The molecule has 22 heavy (non-hydrogen) atoms. The number of nitro benzene ring substituents is 1. The van der Waals surface area contributed by atoms with Crippen LogP contribution in [0.2, 0.25) is 0 Å². The van der Waals surface area contributed by atoms with Crippen molar-refractivity contribution in [2.45, 2.75) is 4.90 Å². The summed E-state index contributed by atoms with van der Waals surface area (Å²) in [5, 5.41) is 10.7. The summed E-state index contributed by atoms with van der Waals surface area (Å²) in [6.45, 7) is 0. The maximum atomic E-state index is 12.6. The van der Waals surface area contributed by atoms with Crippen molar-refractivity contribution in [3.63, 3.8) is 0 Å². The summed E-state index contributed by atoms with van der Waals surface area (Å²) in [6, 6.07) is 11.0. The summed E-state index contributed by atoms with van der Waals surface area (Å²) >= 11 is 0. The van der Waals surface area contributed by atoms with Gasteiger partial charge in [0.25, 0.3) is 5.69 Å². The standard InChI is InChI=1S/C15H9NO5S/c17-13-9-15(10-5-7-11(8-6-10)16(18)19)22(20,21)14-4-2-1-3-12(13)14/h1-9H. The van der Waals surface area contributed by atoms with Crippen molar-refractivity contribution in [1.82, 2.24) is 0 Å². The number of carbonyl (C=O) groups excluding carboxylic acids is 1. The first-order valence-electron chi connectivity index (χ1n) is 6.26. The van der Waals surface area contributed by atoms with E-state index in [4.69, 9.17) is 0 Å². The van der Waals surface area contributed by atoms with E-state index in [-0.39, 0.29) is 26.6 Å². The minimum atomic E-state index is -3.83. The van der Waals surface area contributed by atoms with Crippen molar-refractivity contribution >= 4 is 26.2 Å². The van der Waals surface area contributed by atoms with Crippen LogP contribution in [0.15, 0.2) is 59.5 Å². The molecule has 0 atom stereocenters. The molecule has 110 valence electrons. The van der Waals surface area contributed by atoms with E-state index in [0.29, 0.717) is 0 Å². The predicted octanol–water partition coefficient (Wildman–Crippen LogP) is 2.61. The highest BCUT2D eigenvalue weighted by Gasteiger charge is 2.32. The van der Waals surface area contributed by atoms with Crippen molar-refractivity contribution in [2.24, 2.45) is 0 Å². The molecule has 1 heterocycles. The SMILES string of the molecule is O=C1C=C(c2ccc([N+](=O)[O-])cc2)S(=O)(=O)c2ccccc21. The number of nitro groups is 1. The molecule has 2 aromatic carbocycles. The van der Waals surface area contributed by atoms with Gasteiger partial charge >= 0.3 is 0 Å². The fraction of sp³-hybridized carbons (Fsp3) is 0. The van der Waals surface area contributed by atoms with Crippen LogP contribution < -0.4 is 0 Å². The summed E-state index contributed by atoms with van der Waals surface area (Å²) in [6.07, 6.45) is 1.05. The van der Waals surface area contributed by atoms with Gasteiger partial charge in [-0.25, -0.2) is 8.42 Å². The molecule has 0 saturated heterocycles. The molecule has 0 aromatic heterocycles. The number of hydrogen-bond donors (Lipinski definition) is 0. The number of carbonyl (C=O) groups is 1. The van der Waals surface area contributed by atoms with Gasteiger partial charge in [-0.3, -0.25) is 14.9 Å². The molecule has 1 aliphatic rings. The Morgan fingerprint density at radius 3 is 2.23 bits per heavy atom. The van der Waals surface area contributed by atoms with Gasteiger partial charge in [-0.15, -0.1) is 0 Å². The van der Waals surface area contributed by atoms with Crippen LogP contribution in [0, 0.1) is 10.1 Å². The zero-order valence-corrected chi connectivity index (χ0v) is 11.9. The lowest BCUT2D eigenvalue weighted by atomic mass is 10.1. The average molecular weight is 315 g/mol. The fourth-order valence-electron chi connectivity index (χ4n) is 2.28. The molecular formula is C15H9NO5S. The van der Waals surface area contributed by atoms with Crippen LogP contribution in [0.1, 0.15) is 15.9 Å². The zero-order valence-electron chi connectivity index (χ0n) is 11.1. The maximum absolute atomic E-state index is 12.6. The first-order chi connectivity index (χ1) is 10.4. The van der Waals surface area contributed by atoms with Crippen LogP contribution in [0.3, 0.4) is 0 Å². The molecule has 0 radical (unpaired) electrons. The molecule has 0 saturated carbocycles. The van der Waals surface area contributed by atoms with Gasteiger partial charge in [0.2, 0.25) is 9.84 Å². The van der Waals surface area contributed by atoms with Crippen LogP contribution in [0.5, 0.6) is 0 Å². The molecule has 0 aliphatic carbocycles. The van der Waals surface area contributed by atoms with Gasteiger partial charge in [-0.2, -0.15) is 0 Å². The number of fused-ring (bicyclic) bond motifs is 1. The largest absolute Gasteiger partial charge is 0.289 e. The lowest BCUT2D eigenvalue weighted by Gasteiger charge is -2.16. The average Bonchev–Trinajstić information content (AvgIpc) is 2.51. The Morgan fingerprint density at radius 2 is 1.59 bits per heavy atom.